The van der Waals surface area contributed by atoms with E-state index in [1.807, 2.05) is 0 Å². The van der Waals surface area contributed by atoms with Gasteiger partial charge in [0.2, 0.25) is 5.91 Å². The molecule has 20 heavy (non-hydrogen) atoms. The third kappa shape index (κ3) is 4.28. The van der Waals surface area contributed by atoms with Crippen molar-refractivity contribution in [3.8, 4) is 0 Å². The molecule has 3 amide bonds. The van der Waals surface area contributed by atoms with Gasteiger partial charge < -0.3 is 13.8 Å². The van der Waals surface area contributed by atoms with Crippen LogP contribution in [0.3, 0.4) is 0 Å². The average Bonchev–Trinajstić information content (AvgIpc) is 2.72. The molecule has 1 aliphatic rings. The predicted octanol–water partition coefficient (Wildman–Crippen LogP) is 1.12. The van der Waals surface area contributed by atoms with E-state index in [-0.39, 0.29) is 26.5 Å². The number of rotatable bonds is 8. The fraction of sp³-hybridized carbons (Fsp3) is 0.818. The van der Waals surface area contributed by atoms with Crippen molar-refractivity contribution in [1.29, 1.82) is 0 Å². The first-order valence-corrected chi connectivity index (χ1v) is 8.16. The third-order valence-electron chi connectivity index (χ3n) is 2.66. The minimum atomic E-state index is -3.48. The maximum absolute atomic E-state index is 12.3. The second-order valence-electron chi connectivity index (χ2n) is 4.11. The Morgan fingerprint density at radius 1 is 1.25 bits per heavy atom. The third-order valence-corrected chi connectivity index (χ3v) is 4.62. The molecule has 0 aromatic carbocycles. The van der Waals surface area contributed by atoms with Crippen molar-refractivity contribution in [2.24, 2.45) is 0 Å². The number of hydrogen-bond acceptors (Lipinski definition) is 6. The molecule has 0 aromatic rings. The van der Waals surface area contributed by atoms with E-state index < -0.39 is 25.7 Å². The van der Waals surface area contributed by atoms with E-state index in [0.29, 0.717) is 6.54 Å². The van der Waals surface area contributed by atoms with E-state index in [0.717, 1.165) is 4.90 Å². The summed E-state index contributed by atoms with van der Waals surface area (Å²) in [6.07, 6.45) is -0.429. The van der Waals surface area contributed by atoms with Gasteiger partial charge in [0, 0.05) is 20.2 Å². The Labute approximate surface area is 118 Å². The standard InChI is InChI=1S/C11H21N2O6P/c1-4-18-20(16,19-5-2)8-10(14)13-7-6-12(9-17-3)11(13)15/h4-9H2,1-3H3. The normalized spacial score (nSPS) is 16.1. The highest BCUT2D eigenvalue weighted by atomic mass is 31.2. The van der Waals surface area contributed by atoms with Crippen molar-refractivity contribution in [2.75, 3.05) is 46.3 Å². The molecule has 1 aliphatic heterocycles. The van der Waals surface area contributed by atoms with Crippen LogP contribution in [-0.2, 0) is 23.1 Å². The van der Waals surface area contributed by atoms with Gasteiger partial charge in [-0.2, -0.15) is 0 Å². The molecule has 0 radical (unpaired) electrons. The molecule has 0 spiro atoms. The number of carbonyl (C=O) groups is 2. The Balaban J connectivity index is 2.66. The Bertz CT molecular complexity index is 392. The molecule has 116 valence electrons. The van der Waals surface area contributed by atoms with Crippen molar-refractivity contribution in [1.82, 2.24) is 9.80 Å². The number of carbonyl (C=O) groups excluding carboxylic acids is 2. The molecule has 0 N–H and O–H groups in total. The molecule has 1 rings (SSSR count). The number of methoxy groups -OCH3 is 1. The summed E-state index contributed by atoms with van der Waals surface area (Å²) >= 11 is 0. The maximum Gasteiger partial charge on any atom is 0.340 e. The first-order valence-electron chi connectivity index (χ1n) is 6.43. The average molecular weight is 308 g/mol. The van der Waals surface area contributed by atoms with Crippen LogP contribution < -0.4 is 0 Å². The lowest BCUT2D eigenvalue weighted by Gasteiger charge is -2.20. The van der Waals surface area contributed by atoms with E-state index in [9.17, 15) is 14.2 Å². The zero-order chi connectivity index (χ0) is 15.2. The van der Waals surface area contributed by atoms with Crippen LogP contribution >= 0.6 is 7.60 Å². The van der Waals surface area contributed by atoms with Crippen LogP contribution in [0.1, 0.15) is 13.8 Å². The van der Waals surface area contributed by atoms with Gasteiger partial charge in [-0.1, -0.05) is 0 Å². The first-order chi connectivity index (χ1) is 9.47. The van der Waals surface area contributed by atoms with Gasteiger partial charge in [0.15, 0.2) is 0 Å². The lowest BCUT2D eigenvalue weighted by Crippen LogP contribution is -2.38. The first kappa shape index (κ1) is 17.1. The fourth-order valence-corrected chi connectivity index (χ4v) is 3.41. The predicted molar refractivity (Wildman–Crippen MR) is 71.4 cm³/mol. The molecule has 9 heteroatoms. The molecule has 0 aliphatic carbocycles. The van der Waals surface area contributed by atoms with Crippen LogP contribution in [0, 0.1) is 0 Å². The molecule has 0 bridgehead atoms. The highest BCUT2D eigenvalue weighted by Gasteiger charge is 2.37. The smallest absolute Gasteiger partial charge is 0.340 e. The number of ether oxygens (including phenoxy) is 1. The lowest BCUT2D eigenvalue weighted by atomic mass is 10.5. The van der Waals surface area contributed by atoms with Crippen LogP contribution in [0.4, 0.5) is 4.79 Å². The number of urea groups is 1. The largest absolute Gasteiger partial charge is 0.364 e. The van der Waals surface area contributed by atoms with Crippen LogP contribution in [-0.4, -0.2) is 68.0 Å². The van der Waals surface area contributed by atoms with Gasteiger partial charge >= 0.3 is 13.6 Å². The summed E-state index contributed by atoms with van der Waals surface area (Å²) in [5.41, 5.74) is 0. The van der Waals surface area contributed by atoms with Gasteiger partial charge in [-0.25, -0.2) is 4.79 Å². The zero-order valence-corrected chi connectivity index (χ0v) is 12.9. The summed E-state index contributed by atoms with van der Waals surface area (Å²) in [6.45, 7) is 4.44. The van der Waals surface area contributed by atoms with Crippen molar-refractivity contribution in [3.63, 3.8) is 0 Å². The Hall–Kier alpha value is -0.950. The maximum atomic E-state index is 12.3. The van der Waals surface area contributed by atoms with Crippen molar-refractivity contribution in [3.05, 3.63) is 0 Å². The van der Waals surface area contributed by atoms with E-state index in [2.05, 4.69) is 0 Å². The van der Waals surface area contributed by atoms with E-state index >= 15 is 0 Å². The highest BCUT2D eigenvalue weighted by Crippen LogP contribution is 2.48. The zero-order valence-electron chi connectivity index (χ0n) is 12.0. The summed E-state index contributed by atoms with van der Waals surface area (Å²) in [4.78, 5) is 26.4. The molecular weight excluding hydrogens is 287 g/mol. The fourth-order valence-electron chi connectivity index (χ4n) is 1.86. The van der Waals surface area contributed by atoms with Crippen molar-refractivity contribution >= 4 is 19.5 Å². The lowest BCUT2D eigenvalue weighted by molar-refractivity contribution is -0.125. The van der Waals surface area contributed by atoms with Gasteiger partial charge in [0.1, 0.15) is 12.9 Å². The van der Waals surface area contributed by atoms with Crippen molar-refractivity contribution in [2.45, 2.75) is 13.8 Å². The molecular formula is C11H21N2O6P. The van der Waals surface area contributed by atoms with Crippen LogP contribution in [0.2, 0.25) is 0 Å². The van der Waals surface area contributed by atoms with Gasteiger partial charge in [-0.05, 0) is 13.8 Å². The molecule has 1 heterocycles. The summed E-state index contributed by atoms with van der Waals surface area (Å²) in [5.74, 6) is -0.557. The number of hydrogen-bond donors (Lipinski definition) is 0. The molecule has 8 nitrogen and oxygen atoms in total. The molecule has 0 unspecified atom stereocenters. The topological polar surface area (TPSA) is 85.4 Å². The van der Waals surface area contributed by atoms with Crippen LogP contribution in [0.15, 0.2) is 0 Å². The number of amides is 3. The Kier molecular flexibility index (Phi) is 6.61. The van der Waals surface area contributed by atoms with Crippen molar-refractivity contribution < 1.29 is 27.9 Å². The highest BCUT2D eigenvalue weighted by molar-refractivity contribution is 7.54. The summed E-state index contributed by atoms with van der Waals surface area (Å²) in [5, 5.41) is 0. The van der Waals surface area contributed by atoms with Gasteiger partial charge in [0.25, 0.3) is 0 Å². The monoisotopic (exact) mass is 308 g/mol. The second kappa shape index (κ2) is 7.73. The summed E-state index contributed by atoms with van der Waals surface area (Å²) in [6, 6.07) is -0.448. The molecule has 0 aromatic heterocycles. The Morgan fingerprint density at radius 3 is 2.35 bits per heavy atom. The summed E-state index contributed by atoms with van der Waals surface area (Å²) in [7, 11) is -2.01. The molecule has 1 fully saturated rings. The minimum Gasteiger partial charge on any atom is -0.364 e. The van der Waals surface area contributed by atoms with E-state index in [1.165, 1.54) is 12.0 Å². The number of imide groups is 1. The Morgan fingerprint density at radius 2 is 1.85 bits per heavy atom. The van der Waals surface area contributed by atoms with Crippen LogP contribution in [0.25, 0.3) is 0 Å². The SMILES string of the molecule is CCOP(=O)(CC(=O)N1CCN(COC)C1=O)OCC. The second-order valence-corrected chi connectivity index (χ2v) is 6.17. The molecule has 1 saturated heterocycles. The molecule has 0 atom stereocenters. The van der Waals surface area contributed by atoms with E-state index in [1.54, 1.807) is 13.8 Å². The van der Waals surface area contributed by atoms with E-state index in [4.69, 9.17) is 13.8 Å². The van der Waals surface area contributed by atoms with Gasteiger partial charge in [0.05, 0.1) is 13.2 Å². The quantitative estimate of drug-likeness (QED) is 0.625. The minimum absolute atomic E-state index is 0.122. The van der Waals surface area contributed by atoms with Gasteiger partial charge in [-0.15, -0.1) is 0 Å². The number of nitrogens with zero attached hydrogens (tertiary/aromatic N) is 2. The molecule has 0 saturated carbocycles. The van der Waals surface area contributed by atoms with Crippen LogP contribution in [0.5, 0.6) is 0 Å². The summed E-state index contributed by atoms with van der Waals surface area (Å²) < 4.78 is 27.2. The van der Waals surface area contributed by atoms with Gasteiger partial charge in [-0.3, -0.25) is 19.2 Å².